The maximum absolute atomic E-state index is 11.9. The van der Waals surface area contributed by atoms with Crippen LogP contribution in [0.2, 0.25) is 5.02 Å². The lowest BCUT2D eigenvalue weighted by Gasteiger charge is -2.30. The van der Waals surface area contributed by atoms with E-state index >= 15 is 0 Å². The van der Waals surface area contributed by atoms with Crippen LogP contribution in [0, 0.1) is 5.92 Å². The molecule has 5 heteroatoms. The second-order valence-electron chi connectivity index (χ2n) is 6.15. The number of nitrogens with zero attached hydrogens (tertiary/aromatic N) is 1. The van der Waals surface area contributed by atoms with Gasteiger partial charge in [0.2, 0.25) is 5.91 Å². The standard InChI is InChI=1S/C17H25ClN2O2/c1-13-6-9-20(10-7-13)11-8-19-17(22)12-16(21)14-2-4-15(18)5-3-14/h2-5,13,16,21H,6-12H2,1H3,(H,19,22). The summed E-state index contributed by atoms with van der Waals surface area (Å²) in [5, 5.41) is 13.6. The zero-order chi connectivity index (χ0) is 15.9. The van der Waals surface area contributed by atoms with Crippen molar-refractivity contribution in [3.05, 3.63) is 34.9 Å². The summed E-state index contributed by atoms with van der Waals surface area (Å²) in [6.07, 6.45) is 1.78. The molecule has 1 aliphatic heterocycles. The van der Waals surface area contributed by atoms with Gasteiger partial charge >= 0.3 is 0 Å². The van der Waals surface area contributed by atoms with Gasteiger partial charge in [0.05, 0.1) is 12.5 Å². The number of rotatable bonds is 6. The van der Waals surface area contributed by atoms with Crippen LogP contribution in [0.25, 0.3) is 0 Å². The molecule has 0 radical (unpaired) electrons. The highest BCUT2D eigenvalue weighted by Gasteiger charge is 2.16. The second kappa shape index (κ2) is 8.51. The van der Waals surface area contributed by atoms with Crippen molar-refractivity contribution < 1.29 is 9.90 Å². The van der Waals surface area contributed by atoms with Gasteiger partial charge in [-0.1, -0.05) is 30.7 Å². The minimum absolute atomic E-state index is 0.0820. The van der Waals surface area contributed by atoms with Crippen molar-refractivity contribution in [3.8, 4) is 0 Å². The zero-order valence-electron chi connectivity index (χ0n) is 13.1. The number of hydrogen-bond acceptors (Lipinski definition) is 3. The van der Waals surface area contributed by atoms with Crippen molar-refractivity contribution >= 4 is 17.5 Å². The molecule has 1 aromatic rings. The largest absolute Gasteiger partial charge is 0.388 e. The quantitative estimate of drug-likeness (QED) is 0.845. The Bertz CT molecular complexity index is 470. The van der Waals surface area contributed by atoms with Gasteiger partial charge in [-0.2, -0.15) is 0 Å². The molecule has 1 aliphatic rings. The monoisotopic (exact) mass is 324 g/mol. The minimum atomic E-state index is -0.784. The molecule has 1 unspecified atom stereocenters. The zero-order valence-corrected chi connectivity index (χ0v) is 13.9. The normalized spacial score (nSPS) is 18.1. The van der Waals surface area contributed by atoms with Gasteiger partial charge in [-0.3, -0.25) is 4.79 Å². The van der Waals surface area contributed by atoms with Gasteiger partial charge in [-0.05, 0) is 49.5 Å². The summed E-state index contributed by atoms with van der Waals surface area (Å²) in [6.45, 7) is 6.04. The van der Waals surface area contributed by atoms with E-state index in [0.29, 0.717) is 17.1 Å². The molecule has 0 bridgehead atoms. The molecular weight excluding hydrogens is 300 g/mol. The highest BCUT2D eigenvalue weighted by atomic mass is 35.5. The SMILES string of the molecule is CC1CCN(CCNC(=O)CC(O)c2ccc(Cl)cc2)CC1. The number of amides is 1. The summed E-state index contributed by atoms with van der Waals surface area (Å²) in [6, 6.07) is 6.93. The fourth-order valence-corrected chi connectivity index (χ4v) is 2.82. The summed E-state index contributed by atoms with van der Waals surface area (Å²) in [5.74, 6) is 0.702. The van der Waals surface area contributed by atoms with E-state index in [1.807, 2.05) is 0 Å². The van der Waals surface area contributed by atoms with Crippen LogP contribution < -0.4 is 5.32 Å². The molecule has 1 heterocycles. The molecule has 2 N–H and O–H groups in total. The predicted molar refractivity (Wildman–Crippen MR) is 88.9 cm³/mol. The Morgan fingerprint density at radius 1 is 1.36 bits per heavy atom. The van der Waals surface area contributed by atoms with Crippen LogP contribution in [0.15, 0.2) is 24.3 Å². The highest BCUT2D eigenvalue weighted by molar-refractivity contribution is 6.30. The molecule has 2 rings (SSSR count). The van der Waals surface area contributed by atoms with E-state index in [1.54, 1.807) is 24.3 Å². The predicted octanol–water partition coefficient (Wildman–Crippen LogP) is 2.61. The number of carbonyl (C=O) groups is 1. The number of benzene rings is 1. The Kier molecular flexibility index (Phi) is 6.68. The van der Waals surface area contributed by atoms with E-state index < -0.39 is 6.10 Å². The third-order valence-electron chi connectivity index (χ3n) is 4.26. The Labute approximate surface area is 137 Å². The van der Waals surface area contributed by atoms with Crippen LogP contribution in [0.3, 0.4) is 0 Å². The number of carbonyl (C=O) groups excluding carboxylic acids is 1. The van der Waals surface area contributed by atoms with Gasteiger partial charge in [0.25, 0.3) is 0 Å². The van der Waals surface area contributed by atoms with Crippen molar-refractivity contribution in [1.82, 2.24) is 10.2 Å². The highest BCUT2D eigenvalue weighted by Crippen LogP contribution is 2.19. The summed E-state index contributed by atoms with van der Waals surface area (Å²) >= 11 is 5.81. The molecule has 0 spiro atoms. The van der Waals surface area contributed by atoms with Crippen LogP contribution >= 0.6 is 11.6 Å². The van der Waals surface area contributed by atoms with Gasteiger partial charge in [0.15, 0.2) is 0 Å². The molecule has 122 valence electrons. The number of hydrogen-bond donors (Lipinski definition) is 2. The van der Waals surface area contributed by atoms with E-state index in [4.69, 9.17) is 11.6 Å². The van der Waals surface area contributed by atoms with Crippen LogP contribution in [-0.4, -0.2) is 42.1 Å². The van der Waals surface area contributed by atoms with Gasteiger partial charge in [-0.25, -0.2) is 0 Å². The van der Waals surface area contributed by atoms with E-state index in [1.165, 1.54) is 12.8 Å². The van der Waals surface area contributed by atoms with E-state index in [2.05, 4.69) is 17.1 Å². The van der Waals surface area contributed by atoms with Crippen LogP contribution in [-0.2, 0) is 4.79 Å². The summed E-state index contributed by atoms with van der Waals surface area (Å²) in [5.41, 5.74) is 0.713. The summed E-state index contributed by atoms with van der Waals surface area (Å²) in [4.78, 5) is 14.3. The van der Waals surface area contributed by atoms with Gasteiger partial charge in [0.1, 0.15) is 0 Å². The molecule has 0 saturated carbocycles. The number of aliphatic hydroxyl groups is 1. The average Bonchev–Trinajstić information content (AvgIpc) is 2.50. The van der Waals surface area contributed by atoms with E-state index in [-0.39, 0.29) is 12.3 Å². The molecule has 1 atom stereocenters. The van der Waals surface area contributed by atoms with E-state index in [0.717, 1.165) is 25.6 Å². The lowest BCUT2D eigenvalue weighted by molar-refractivity contribution is -0.123. The van der Waals surface area contributed by atoms with Crippen molar-refractivity contribution in [2.75, 3.05) is 26.2 Å². The molecule has 0 aliphatic carbocycles. The van der Waals surface area contributed by atoms with E-state index in [9.17, 15) is 9.90 Å². The molecule has 1 aromatic carbocycles. The van der Waals surface area contributed by atoms with Gasteiger partial charge < -0.3 is 15.3 Å². The third-order valence-corrected chi connectivity index (χ3v) is 4.51. The first kappa shape index (κ1) is 17.3. The van der Waals surface area contributed by atoms with Gasteiger partial charge in [-0.15, -0.1) is 0 Å². The fourth-order valence-electron chi connectivity index (χ4n) is 2.69. The van der Waals surface area contributed by atoms with Crippen LogP contribution in [0.4, 0.5) is 0 Å². The van der Waals surface area contributed by atoms with Crippen molar-refractivity contribution in [3.63, 3.8) is 0 Å². The molecular formula is C17H25ClN2O2. The lowest BCUT2D eigenvalue weighted by atomic mass is 9.99. The minimum Gasteiger partial charge on any atom is -0.388 e. The second-order valence-corrected chi connectivity index (χ2v) is 6.58. The average molecular weight is 325 g/mol. The van der Waals surface area contributed by atoms with Crippen molar-refractivity contribution in [1.29, 1.82) is 0 Å². The summed E-state index contributed by atoms with van der Waals surface area (Å²) in [7, 11) is 0. The molecule has 22 heavy (non-hydrogen) atoms. The Morgan fingerprint density at radius 3 is 2.64 bits per heavy atom. The van der Waals surface area contributed by atoms with Gasteiger partial charge in [0, 0.05) is 18.1 Å². The number of halogens is 1. The van der Waals surface area contributed by atoms with Crippen LogP contribution in [0.5, 0.6) is 0 Å². The van der Waals surface area contributed by atoms with Crippen LogP contribution in [0.1, 0.15) is 37.9 Å². The first-order valence-corrected chi connectivity index (χ1v) is 8.35. The Hall–Kier alpha value is -1.10. The first-order valence-electron chi connectivity index (χ1n) is 7.97. The molecule has 1 fully saturated rings. The topological polar surface area (TPSA) is 52.6 Å². The molecule has 0 aromatic heterocycles. The van der Waals surface area contributed by atoms with Crippen molar-refractivity contribution in [2.45, 2.75) is 32.3 Å². The maximum atomic E-state index is 11.9. The molecule has 1 saturated heterocycles. The first-order chi connectivity index (χ1) is 10.5. The third kappa shape index (κ3) is 5.59. The Balaban J connectivity index is 1.66. The fraction of sp³-hybridized carbons (Fsp3) is 0.588. The summed E-state index contributed by atoms with van der Waals surface area (Å²) < 4.78 is 0. The molecule has 1 amide bonds. The smallest absolute Gasteiger partial charge is 0.223 e. The van der Waals surface area contributed by atoms with Crippen molar-refractivity contribution in [2.24, 2.45) is 5.92 Å². The number of aliphatic hydroxyl groups excluding tert-OH is 1. The Morgan fingerprint density at radius 2 is 2.00 bits per heavy atom. The number of piperidine rings is 1. The lowest BCUT2D eigenvalue weighted by Crippen LogP contribution is -2.39. The number of nitrogens with one attached hydrogen (secondary N) is 1. The number of likely N-dealkylation sites (tertiary alicyclic amines) is 1. The molecule has 4 nitrogen and oxygen atoms in total. The maximum Gasteiger partial charge on any atom is 0.223 e.